The van der Waals surface area contributed by atoms with Gasteiger partial charge in [-0.1, -0.05) is 19.8 Å². The van der Waals surface area contributed by atoms with Crippen LogP contribution in [0.5, 0.6) is 0 Å². The summed E-state index contributed by atoms with van der Waals surface area (Å²) in [4.78, 5) is 18.9. The molecule has 0 aliphatic heterocycles. The van der Waals surface area contributed by atoms with Gasteiger partial charge in [0.25, 0.3) is 5.91 Å². The molecule has 5 nitrogen and oxygen atoms in total. The molecule has 2 rings (SSSR count). The quantitative estimate of drug-likeness (QED) is 0.603. The lowest BCUT2D eigenvalue weighted by Crippen LogP contribution is -2.21. The molecule has 0 spiro atoms. The summed E-state index contributed by atoms with van der Waals surface area (Å²) in [6.45, 7) is 9.28. The Morgan fingerprint density at radius 2 is 1.73 bits per heavy atom. The highest BCUT2D eigenvalue weighted by Gasteiger charge is 2.08. The van der Waals surface area contributed by atoms with Crippen LogP contribution in [0.15, 0.2) is 42.7 Å². The minimum Gasteiger partial charge on any atom is -0.384 e. The van der Waals surface area contributed by atoms with Crippen molar-refractivity contribution < 1.29 is 4.79 Å². The normalized spacial score (nSPS) is 10.4. The number of aromatic nitrogens is 1. The molecule has 1 aromatic heterocycles. The first kappa shape index (κ1) is 19.8. The van der Waals surface area contributed by atoms with Gasteiger partial charge in [0.05, 0.1) is 11.3 Å². The molecule has 0 unspecified atom stereocenters. The molecule has 0 bridgehead atoms. The van der Waals surface area contributed by atoms with Gasteiger partial charge in [0.15, 0.2) is 0 Å². The molecule has 26 heavy (non-hydrogen) atoms. The van der Waals surface area contributed by atoms with E-state index in [-0.39, 0.29) is 5.91 Å². The van der Waals surface area contributed by atoms with Crippen LogP contribution in [0.1, 0.15) is 50.4 Å². The minimum absolute atomic E-state index is 0.148. The lowest BCUT2D eigenvalue weighted by Gasteiger charge is -2.21. The van der Waals surface area contributed by atoms with Crippen molar-refractivity contribution in [1.82, 2.24) is 4.98 Å². The lowest BCUT2D eigenvalue weighted by molar-refractivity contribution is 0.102. The van der Waals surface area contributed by atoms with Crippen molar-refractivity contribution in [2.45, 2.75) is 40.0 Å². The summed E-state index contributed by atoms with van der Waals surface area (Å²) >= 11 is 0. The average Bonchev–Trinajstić information content (AvgIpc) is 2.68. The second kappa shape index (κ2) is 10.4. The third-order valence-corrected chi connectivity index (χ3v) is 4.36. The van der Waals surface area contributed by atoms with Crippen molar-refractivity contribution in [3.8, 4) is 0 Å². The Morgan fingerprint density at radius 1 is 1.00 bits per heavy atom. The Hall–Kier alpha value is -2.56. The van der Waals surface area contributed by atoms with Crippen molar-refractivity contribution in [3.63, 3.8) is 0 Å². The standard InChI is InChI=1S/C21H30N4O/c1-4-7-8-13-23-19-14-17(15-22-16-19)21(26)24-18-9-11-20(12-10-18)25(5-2)6-3/h9-12,14-16,23H,4-8,13H2,1-3H3,(H,24,26). The number of unbranched alkanes of at least 4 members (excludes halogenated alkanes) is 2. The first-order valence-electron chi connectivity index (χ1n) is 9.53. The molecule has 140 valence electrons. The molecule has 1 heterocycles. The van der Waals surface area contributed by atoms with Crippen molar-refractivity contribution in [3.05, 3.63) is 48.3 Å². The van der Waals surface area contributed by atoms with Crippen LogP contribution in [0.25, 0.3) is 0 Å². The van der Waals surface area contributed by atoms with E-state index < -0.39 is 0 Å². The predicted molar refractivity (Wildman–Crippen MR) is 110 cm³/mol. The summed E-state index contributed by atoms with van der Waals surface area (Å²) in [5.74, 6) is -0.148. The van der Waals surface area contributed by atoms with Crippen molar-refractivity contribution in [2.24, 2.45) is 0 Å². The SMILES string of the molecule is CCCCCNc1cncc(C(=O)Nc2ccc(N(CC)CC)cc2)c1. The molecular formula is C21H30N4O. The zero-order valence-electron chi connectivity index (χ0n) is 16.1. The number of carbonyl (C=O) groups excluding carboxylic acids is 1. The highest BCUT2D eigenvalue weighted by Crippen LogP contribution is 2.18. The number of nitrogens with one attached hydrogen (secondary N) is 2. The third kappa shape index (κ3) is 5.76. The number of pyridine rings is 1. The largest absolute Gasteiger partial charge is 0.384 e. The maximum atomic E-state index is 12.5. The van der Waals surface area contributed by atoms with E-state index in [9.17, 15) is 4.79 Å². The van der Waals surface area contributed by atoms with Gasteiger partial charge in [-0.3, -0.25) is 9.78 Å². The second-order valence-electron chi connectivity index (χ2n) is 6.27. The smallest absolute Gasteiger partial charge is 0.257 e. The van der Waals surface area contributed by atoms with Gasteiger partial charge in [-0.2, -0.15) is 0 Å². The first-order valence-corrected chi connectivity index (χ1v) is 9.53. The number of hydrogen-bond acceptors (Lipinski definition) is 4. The van der Waals surface area contributed by atoms with Gasteiger partial charge in [-0.05, 0) is 50.6 Å². The van der Waals surface area contributed by atoms with Crippen LogP contribution < -0.4 is 15.5 Å². The minimum atomic E-state index is -0.148. The van der Waals surface area contributed by atoms with Crippen LogP contribution in [0.2, 0.25) is 0 Å². The number of hydrogen-bond donors (Lipinski definition) is 2. The fraction of sp³-hybridized carbons (Fsp3) is 0.429. The van der Waals surface area contributed by atoms with E-state index >= 15 is 0 Å². The fourth-order valence-corrected chi connectivity index (χ4v) is 2.82. The summed E-state index contributed by atoms with van der Waals surface area (Å²) in [6.07, 6.45) is 6.85. The highest BCUT2D eigenvalue weighted by molar-refractivity contribution is 6.04. The van der Waals surface area contributed by atoms with Crippen LogP contribution in [-0.2, 0) is 0 Å². The van der Waals surface area contributed by atoms with Crippen LogP contribution in [0.4, 0.5) is 17.1 Å². The summed E-state index contributed by atoms with van der Waals surface area (Å²) < 4.78 is 0. The zero-order valence-corrected chi connectivity index (χ0v) is 16.1. The molecule has 0 aliphatic carbocycles. The Kier molecular flexibility index (Phi) is 7.93. The van der Waals surface area contributed by atoms with Gasteiger partial charge in [0.1, 0.15) is 0 Å². The Morgan fingerprint density at radius 3 is 2.38 bits per heavy atom. The average molecular weight is 354 g/mol. The predicted octanol–water partition coefficient (Wildman–Crippen LogP) is 4.78. The van der Waals surface area contributed by atoms with E-state index in [0.29, 0.717) is 5.56 Å². The van der Waals surface area contributed by atoms with Crippen LogP contribution in [0.3, 0.4) is 0 Å². The fourth-order valence-electron chi connectivity index (χ4n) is 2.82. The van der Waals surface area contributed by atoms with Crippen LogP contribution in [0, 0.1) is 0 Å². The number of nitrogens with zero attached hydrogens (tertiary/aromatic N) is 2. The van der Waals surface area contributed by atoms with Crippen molar-refractivity contribution >= 4 is 23.0 Å². The van der Waals surface area contributed by atoms with E-state index in [1.807, 2.05) is 30.3 Å². The molecule has 2 N–H and O–H groups in total. The molecule has 0 atom stereocenters. The topological polar surface area (TPSA) is 57.3 Å². The molecule has 2 aromatic rings. The van der Waals surface area contributed by atoms with Gasteiger partial charge in [-0.25, -0.2) is 0 Å². The molecule has 0 saturated carbocycles. The molecule has 0 fully saturated rings. The van der Waals surface area contributed by atoms with Gasteiger partial charge in [0.2, 0.25) is 0 Å². The van der Waals surface area contributed by atoms with Gasteiger partial charge < -0.3 is 15.5 Å². The summed E-state index contributed by atoms with van der Waals surface area (Å²) in [7, 11) is 0. The third-order valence-electron chi connectivity index (χ3n) is 4.36. The van der Waals surface area contributed by atoms with Gasteiger partial charge >= 0.3 is 0 Å². The summed E-state index contributed by atoms with van der Waals surface area (Å²) in [6, 6.07) is 9.79. The van der Waals surface area contributed by atoms with Crippen molar-refractivity contribution in [2.75, 3.05) is 35.2 Å². The van der Waals surface area contributed by atoms with Crippen molar-refractivity contribution in [1.29, 1.82) is 0 Å². The van der Waals surface area contributed by atoms with E-state index in [1.54, 1.807) is 12.4 Å². The number of benzene rings is 1. The first-order chi connectivity index (χ1) is 12.7. The van der Waals surface area contributed by atoms with E-state index in [4.69, 9.17) is 0 Å². The Labute approximate surface area is 156 Å². The maximum Gasteiger partial charge on any atom is 0.257 e. The van der Waals surface area contributed by atoms with Crippen LogP contribution in [-0.4, -0.2) is 30.5 Å². The number of amides is 1. The Balaban J connectivity index is 1.96. The monoisotopic (exact) mass is 354 g/mol. The molecule has 0 radical (unpaired) electrons. The number of carbonyl (C=O) groups is 1. The number of anilines is 3. The van der Waals surface area contributed by atoms with Gasteiger partial charge in [0, 0.05) is 43.4 Å². The molecule has 5 heteroatoms. The molecule has 1 amide bonds. The Bertz CT molecular complexity index is 681. The summed E-state index contributed by atoms with van der Waals surface area (Å²) in [5, 5.41) is 6.26. The summed E-state index contributed by atoms with van der Waals surface area (Å²) in [5.41, 5.74) is 3.38. The second-order valence-corrected chi connectivity index (χ2v) is 6.27. The van der Waals surface area contributed by atoms with Crippen LogP contribution >= 0.6 is 0 Å². The van der Waals surface area contributed by atoms with E-state index in [2.05, 4.69) is 41.3 Å². The molecule has 0 saturated heterocycles. The van der Waals surface area contributed by atoms with E-state index in [1.165, 1.54) is 12.8 Å². The maximum absolute atomic E-state index is 12.5. The zero-order chi connectivity index (χ0) is 18.8. The highest BCUT2D eigenvalue weighted by atomic mass is 16.1. The van der Waals surface area contributed by atoms with Gasteiger partial charge in [-0.15, -0.1) is 0 Å². The number of rotatable bonds is 10. The van der Waals surface area contributed by atoms with E-state index in [0.717, 1.165) is 43.1 Å². The molecule has 0 aliphatic rings. The molecular weight excluding hydrogens is 324 g/mol. The lowest BCUT2D eigenvalue weighted by atomic mass is 10.2. The molecule has 1 aromatic carbocycles.